The lowest BCUT2D eigenvalue weighted by Crippen LogP contribution is -2.07. The van der Waals surface area contributed by atoms with E-state index in [9.17, 15) is 0 Å². The molecule has 4 heteroatoms. The minimum Gasteiger partial charge on any atom is -0.299 e. The summed E-state index contributed by atoms with van der Waals surface area (Å²) < 4.78 is 1.75. The molecule has 0 bridgehead atoms. The average Bonchev–Trinajstić information content (AvgIpc) is 2.69. The normalized spacial score (nSPS) is 17.1. The third-order valence-electron chi connectivity index (χ3n) is 2.33. The van der Waals surface area contributed by atoms with Crippen molar-refractivity contribution >= 4 is 0 Å². The fourth-order valence-corrected chi connectivity index (χ4v) is 1.58. The lowest BCUT2D eigenvalue weighted by molar-refractivity contribution is 0.597. The molecule has 70 valence electrons. The fourth-order valence-electron chi connectivity index (χ4n) is 1.58. The Hall–Kier alpha value is -1.32. The van der Waals surface area contributed by atoms with E-state index < -0.39 is 0 Å². The molecule has 0 spiro atoms. The van der Waals surface area contributed by atoms with Crippen molar-refractivity contribution in [1.29, 1.82) is 0 Å². The van der Waals surface area contributed by atoms with Crippen LogP contribution in [0.3, 0.4) is 0 Å². The summed E-state index contributed by atoms with van der Waals surface area (Å²) in [5.74, 6) is 0. The molecule has 1 aliphatic rings. The maximum absolute atomic E-state index is 3.71. The molecule has 1 aliphatic carbocycles. The van der Waals surface area contributed by atoms with Crippen LogP contribution in [-0.2, 0) is 0 Å². The largest absolute Gasteiger partial charge is 0.299 e. The van der Waals surface area contributed by atoms with Crippen molar-refractivity contribution < 1.29 is 0 Å². The summed E-state index contributed by atoms with van der Waals surface area (Å²) in [6.45, 7) is 0. The zero-order valence-corrected chi connectivity index (χ0v) is 7.61. The Morgan fingerprint density at radius 1 is 1.15 bits per heavy atom. The summed E-state index contributed by atoms with van der Waals surface area (Å²) in [4.78, 5) is 0. The van der Waals surface area contributed by atoms with Crippen molar-refractivity contribution in [2.45, 2.75) is 32.1 Å². The maximum Gasteiger partial charge on any atom is 0.139 e. The fraction of sp³-hybridized carbons (Fsp3) is 0.556. The van der Waals surface area contributed by atoms with Gasteiger partial charge in [0, 0.05) is 6.20 Å². The van der Waals surface area contributed by atoms with Crippen LogP contribution in [-0.4, -0.2) is 14.9 Å². The second kappa shape index (κ2) is 4.07. The highest BCUT2D eigenvalue weighted by Gasteiger charge is 2.04. The van der Waals surface area contributed by atoms with E-state index in [1.165, 1.54) is 37.7 Å². The molecule has 2 rings (SSSR count). The Labute approximate surface area is 77.6 Å². The SMILES string of the molecule is C(Nn1cnnc1)=C1CCCCC1. The quantitative estimate of drug-likeness (QED) is 0.749. The van der Waals surface area contributed by atoms with Crippen LogP contribution in [0.1, 0.15) is 32.1 Å². The van der Waals surface area contributed by atoms with Crippen molar-refractivity contribution in [3.05, 3.63) is 24.4 Å². The van der Waals surface area contributed by atoms with Crippen LogP contribution in [0, 0.1) is 0 Å². The molecule has 4 nitrogen and oxygen atoms in total. The lowest BCUT2D eigenvalue weighted by atomic mass is 9.96. The molecule has 1 N–H and O–H groups in total. The minimum absolute atomic E-state index is 1.23. The highest BCUT2D eigenvalue weighted by molar-refractivity contribution is 5.07. The molecule has 0 amide bonds. The molecule has 0 aromatic carbocycles. The number of nitrogens with one attached hydrogen (secondary N) is 1. The number of allylic oxidation sites excluding steroid dienone is 1. The van der Waals surface area contributed by atoms with Crippen molar-refractivity contribution in [2.75, 3.05) is 5.43 Å². The summed E-state index contributed by atoms with van der Waals surface area (Å²) in [7, 11) is 0. The molecule has 0 saturated heterocycles. The predicted molar refractivity (Wildman–Crippen MR) is 50.6 cm³/mol. The first-order chi connectivity index (χ1) is 6.45. The van der Waals surface area contributed by atoms with Gasteiger partial charge in [-0.25, -0.2) is 4.68 Å². The molecule has 0 radical (unpaired) electrons. The first-order valence-electron chi connectivity index (χ1n) is 4.74. The number of hydrogen-bond acceptors (Lipinski definition) is 3. The van der Waals surface area contributed by atoms with Crippen molar-refractivity contribution in [3.8, 4) is 0 Å². The standard InChI is InChI=1S/C9H14N4/c1-2-4-9(5-3-1)6-12-13-7-10-11-8-13/h6-8,12H,1-5H2. The molecule has 0 atom stereocenters. The van der Waals surface area contributed by atoms with E-state index >= 15 is 0 Å². The zero-order chi connectivity index (χ0) is 8.93. The van der Waals surface area contributed by atoms with Crippen LogP contribution in [0.15, 0.2) is 24.4 Å². The van der Waals surface area contributed by atoms with Gasteiger partial charge in [-0.1, -0.05) is 12.0 Å². The van der Waals surface area contributed by atoms with Gasteiger partial charge in [0.15, 0.2) is 0 Å². The molecule has 0 aliphatic heterocycles. The second-order valence-electron chi connectivity index (χ2n) is 3.36. The Morgan fingerprint density at radius 2 is 1.85 bits per heavy atom. The van der Waals surface area contributed by atoms with E-state index in [1.54, 1.807) is 17.3 Å². The minimum atomic E-state index is 1.23. The van der Waals surface area contributed by atoms with Gasteiger partial charge in [-0.3, -0.25) is 5.43 Å². The maximum atomic E-state index is 3.71. The summed E-state index contributed by atoms with van der Waals surface area (Å²) in [5.41, 5.74) is 4.62. The molecule has 1 fully saturated rings. The molecule has 1 aromatic rings. The number of aromatic nitrogens is 3. The summed E-state index contributed by atoms with van der Waals surface area (Å²) >= 11 is 0. The highest BCUT2D eigenvalue weighted by Crippen LogP contribution is 2.21. The van der Waals surface area contributed by atoms with Gasteiger partial charge in [0.1, 0.15) is 12.7 Å². The van der Waals surface area contributed by atoms with Crippen LogP contribution >= 0.6 is 0 Å². The van der Waals surface area contributed by atoms with Gasteiger partial charge >= 0.3 is 0 Å². The van der Waals surface area contributed by atoms with Crippen LogP contribution in [0.2, 0.25) is 0 Å². The molecule has 1 aromatic heterocycles. The smallest absolute Gasteiger partial charge is 0.139 e. The third kappa shape index (κ3) is 2.31. The first-order valence-corrected chi connectivity index (χ1v) is 4.74. The van der Waals surface area contributed by atoms with Crippen molar-refractivity contribution in [1.82, 2.24) is 14.9 Å². The van der Waals surface area contributed by atoms with E-state index in [4.69, 9.17) is 0 Å². The summed E-state index contributed by atoms with van der Waals surface area (Å²) in [6.07, 6.45) is 11.9. The van der Waals surface area contributed by atoms with Crippen LogP contribution in [0.4, 0.5) is 0 Å². The van der Waals surface area contributed by atoms with Crippen LogP contribution in [0.25, 0.3) is 0 Å². The van der Waals surface area contributed by atoms with E-state index in [-0.39, 0.29) is 0 Å². The summed E-state index contributed by atoms with van der Waals surface area (Å²) in [6, 6.07) is 0. The topological polar surface area (TPSA) is 42.7 Å². The van der Waals surface area contributed by atoms with Crippen LogP contribution in [0.5, 0.6) is 0 Å². The molecular formula is C9H14N4. The van der Waals surface area contributed by atoms with Crippen LogP contribution < -0.4 is 5.43 Å². The van der Waals surface area contributed by atoms with E-state index in [2.05, 4.69) is 21.8 Å². The van der Waals surface area contributed by atoms with E-state index in [1.807, 2.05) is 0 Å². The number of hydrogen-bond donors (Lipinski definition) is 1. The summed E-state index contributed by atoms with van der Waals surface area (Å²) in [5, 5.41) is 7.41. The van der Waals surface area contributed by atoms with E-state index in [0.29, 0.717) is 0 Å². The van der Waals surface area contributed by atoms with Gasteiger partial charge < -0.3 is 0 Å². The predicted octanol–water partition coefficient (Wildman–Crippen LogP) is 1.67. The molecule has 1 heterocycles. The van der Waals surface area contributed by atoms with Gasteiger partial charge in [-0.2, -0.15) is 0 Å². The first kappa shape index (κ1) is 8.29. The highest BCUT2D eigenvalue weighted by atomic mass is 15.5. The molecular weight excluding hydrogens is 164 g/mol. The van der Waals surface area contributed by atoms with Crippen molar-refractivity contribution in [3.63, 3.8) is 0 Å². The zero-order valence-electron chi connectivity index (χ0n) is 7.61. The van der Waals surface area contributed by atoms with Gasteiger partial charge in [-0.15, -0.1) is 10.2 Å². The number of nitrogens with zero attached hydrogens (tertiary/aromatic N) is 3. The van der Waals surface area contributed by atoms with Crippen molar-refractivity contribution in [2.24, 2.45) is 0 Å². The monoisotopic (exact) mass is 178 g/mol. The molecule has 1 saturated carbocycles. The third-order valence-corrected chi connectivity index (χ3v) is 2.33. The second-order valence-corrected chi connectivity index (χ2v) is 3.36. The molecule has 0 unspecified atom stereocenters. The lowest BCUT2D eigenvalue weighted by Gasteiger charge is -2.13. The van der Waals surface area contributed by atoms with Gasteiger partial charge in [0.05, 0.1) is 0 Å². The Bertz CT molecular complexity index is 268. The average molecular weight is 178 g/mol. The molecule has 13 heavy (non-hydrogen) atoms. The van der Waals surface area contributed by atoms with Gasteiger partial charge in [0.25, 0.3) is 0 Å². The van der Waals surface area contributed by atoms with E-state index in [0.717, 1.165) is 0 Å². The Balaban J connectivity index is 1.89. The van der Waals surface area contributed by atoms with Gasteiger partial charge in [-0.05, 0) is 25.7 Å². The Morgan fingerprint density at radius 3 is 2.54 bits per heavy atom. The number of rotatable bonds is 2. The van der Waals surface area contributed by atoms with Gasteiger partial charge in [0.2, 0.25) is 0 Å². The Kier molecular flexibility index (Phi) is 2.59.